The summed E-state index contributed by atoms with van der Waals surface area (Å²) in [7, 11) is 0. The van der Waals surface area contributed by atoms with E-state index in [1.807, 2.05) is 42.2 Å². The second-order valence-corrected chi connectivity index (χ2v) is 16.8. The highest BCUT2D eigenvalue weighted by Crippen LogP contribution is 2.36. The fourth-order valence-electron chi connectivity index (χ4n) is 9.04. The van der Waals surface area contributed by atoms with Crippen LogP contribution in [-0.2, 0) is 23.9 Å². The third-order valence-corrected chi connectivity index (χ3v) is 12.6. The molecule has 3 N–H and O–H groups in total. The van der Waals surface area contributed by atoms with Gasteiger partial charge in [-0.05, 0) is 97.8 Å². The highest BCUT2D eigenvalue weighted by Gasteiger charge is 2.45. The van der Waals surface area contributed by atoms with Gasteiger partial charge in [0.2, 0.25) is 23.6 Å². The van der Waals surface area contributed by atoms with Crippen LogP contribution in [-0.4, -0.2) is 95.2 Å². The Balaban J connectivity index is 0.727. The maximum absolute atomic E-state index is 14.2. The zero-order valence-electron chi connectivity index (χ0n) is 35.7. The van der Waals surface area contributed by atoms with Gasteiger partial charge in [-0.3, -0.25) is 44.0 Å². The summed E-state index contributed by atoms with van der Waals surface area (Å²) in [6.07, 6.45) is 6.56. The van der Waals surface area contributed by atoms with Gasteiger partial charge in [-0.2, -0.15) is 0 Å². The average Bonchev–Trinajstić information content (AvgIpc) is 3.54. The van der Waals surface area contributed by atoms with E-state index in [9.17, 15) is 33.2 Å². The molecule has 2 fully saturated rings. The molecule has 4 heterocycles. The van der Waals surface area contributed by atoms with Crippen molar-refractivity contribution < 1.29 is 42.6 Å². The number of piperidine rings is 2. The first-order valence-corrected chi connectivity index (χ1v) is 22.1. The normalized spacial score (nSPS) is 20.7. The summed E-state index contributed by atoms with van der Waals surface area (Å²) >= 11 is 0. The van der Waals surface area contributed by atoms with E-state index in [1.54, 1.807) is 30.5 Å². The van der Waals surface area contributed by atoms with Crippen molar-refractivity contribution in [3.05, 3.63) is 95.4 Å². The molecule has 0 saturated carbocycles. The lowest BCUT2D eigenvalue weighted by Crippen LogP contribution is -2.54. The van der Waals surface area contributed by atoms with E-state index in [-0.39, 0.29) is 85.1 Å². The largest absolute Gasteiger partial charge is 0.490 e. The van der Waals surface area contributed by atoms with Crippen molar-refractivity contribution in [3.63, 3.8) is 0 Å². The number of ether oxygens (including phenoxy) is 2. The Bertz CT molecular complexity index is 2510. The van der Waals surface area contributed by atoms with Crippen LogP contribution in [0, 0.1) is 29.5 Å². The molecule has 0 spiro atoms. The van der Waals surface area contributed by atoms with Crippen molar-refractivity contribution in [2.45, 2.75) is 82.8 Å². The minimum atomic E-state index is -1.04. The number of benzene rings is 3. The summed E-state index contributed by atoms with van der Waals surface area (Å²) in [5, 5.41) is 9.21. The fraction of sp³-hybridized carbons (Fsp3) is 0.408. The predicted molar refractivity (Wildman–Crippen MR) is 236 cm³/mol. The number of carbonyl (C=O) groups is 6. The van der Waals surface area contributed by atoms with Crippen LogP contribution in [0.15, 0.2) is 72.9 Å². The minimum absolute atomic E-state index is 0.0106. The number of aromatic nitrogens is 1. The second-order valence-electron chi connectivity index (χ2n) is 16.8. The first-order chi connectivity index (χ1) is 31.0. The van der Waals surface area contributed by atoms with Gasteiger partial charge in [0.15, 0.2) is 0 Å². The van der Waals surface area contributed by atoms with Gasteiger partial charge in [0.25, 0.3) is 11.8 Å². The van der Waals surface area contributed by atoms with Gasteiger partial charge in [-0.15, -0.1) is 5.92 Å². The van der Waals surface area contributed by atoms with Crippen LogP contribution in [0.2, 0.25) is 0 Å². The van der Waals surface area contributed by atoms with Crippen LogP contribution in [0.1, 0.15) is 96.9 Å². The smallest absolute Gasteiger partial charge is 0.264 e. The molecule has 1 aromatic heterocycles. The number of amides is 6. The highest BCUT2D eigenvalue weighted by molar-refractivity contribution is 6.25. The molecule has 332 valence electrons. The fourth-order valence-corrected chi connectivity index (χ4v) is 9.04. The molecule has 64 heavy (non-hydrogen) atoms. The van der Waals surface area contributed by atoms with Crippen molar-refractivity contribution >= 4 is 57.7 Å². The summed E-state index contributed by atoms with van der Waals surface area (Å²) in [4.78, 5) is 83.9. The van der Waals surface area contributed by atoms with Gasteiger partial charge in [0, 0.05) is 80.1 Å². The molecule has 1 aliphatic carbocycles. The number of hydrogen-bond acceptors (Lipinski definition) is 10. The second kappa shape index (κ2) is 19.8. The topological polar surface area (TPSA) is 176 Å². The maximum atomic E-state index is 14.2. The predicted octanol–water partition coefficient (Wildman–Crippen LogP) is 6.22. The number of imide groups is 2. The molecule has 3 unspecified atom stereocenters. The molecule has 15 heteroatoms. The van der Waals surface area contributed by atoms with Gasteiger partial charge >= 0.3 is 0 Å². The number of pyridine rings is 1. The average molecular weight is 871 g/mol. The van der Waals surface area contributed by atoms with Crippen LogP contribution < -0.4 is 20.7 Å². The number of hydrogen-bond donors (Lipinski definition) is 3. The SMILES string of the molecule is C[C@@H](C(=O)Nc1ccc(OC2CCN(C(=O)CCOCCNc3cccc4c3C(=O)N(C3CCC(=O)NC3=O)C4=O)CC2)cc1)C1C#CCCC(c2ccnc3ccc(F)cc23)CC1. The number of rotatable bonds is 14. The van der Waals surface area contributed by atoms with E-state index in [0.717, 1.165) is 40.6 Å². The lowest BCUT2D eigenvalue weighted by atomic mass is 9.80. The Kier molecular flexibility index (Phi) is 13.6. The highest BCUT2D eigenvalue weighted by atomic mass is 19.1. The maximum Gasteiger partial charge on any atom is 0.264 e. The van der Waals surface area contributed by atoms with Crippen molar-refractivity contribution in [2.24, 2.45) is 11.8 Å². The molecule has 0 bridgehead atoms. The zero-order chi connectivity index (χ0) is 44.7. The van der Waals surface area contributed by atoms with Crippen LogP contribution in [0.25, 0.3) is 10.9 Å². The van der Waals surface area contributed by atoms with Crippen molar-refractivity contribution in [2.75, 3.05) is 43.5 Å². The standard InChI is InChI=1S/C49H51FN6O8/c1-30(31-5-2-3-6-32(10-9-31)37-19-23-51-40-16-11-33(50)29-39(37)40)46(59)53-34-12-14-35(15-13-34)64-36-20-25-55(26-21-36)44(58)22-27-63-28-24-52-41-8-4-7-38-45(41)49(62)56(48(38)61)42-17-18-43(57)54-47(42)60/h4,7-8,11-16,19,23,29-32,36,42,52H,3,6,9-10,17-18,20-22,24-28H2,1H3,(H,53,59)(H,54,57,60)/t30-,31?,32?,42?/m1/s1. The van der Waals surface area contributed by atoms with Gasteiger partial charge in [0.1, 0.15) is 23.7 Å². The van der Waals surface area contributed by atoms with E-state index >= 15 is 0 Å². The molecule has 6 amide bonds. The molecule has 4 aromatic rings. The van der Waals surface area contributed by atoms with Gasteiger partial charge in [-0.25, -0.2) is 4.39 Å². The Morgan fingerprint density at radius 2 is 1.75 bits per heavy atom. The molecule has 2 saturated heterocycles. The first-order valence-electron chi connectivity index (χ1n) is 22.1. The molecular weight excluding hydrogens is 820 g/mol. The van der Waals surface area contributed by atoms with Crippen molar-refractivity contribution in [1.82, 2.24) is 20.1 Å². The van der Waals surface area contributed by atoms with Crippen molar-refractivity contribution in [3.8, 4) is 17.6 Å². The minimum Gasteiger partial charge on any atom is -0.490 e. The van der Waals surface area contributed by atoms with E-state index in [2.05, 4.69) is 32.8 Å². The van der Waals surface area contributed by atoms with Crippen LogP contribution >= 0.6 is 0 Å². The third kappa shape index (κ3) is 9.92. The molecule has 4 atom stereocenters. The Morgan fingerprint density at radius 3 is 2.55 bits per heavy atom. The van der Waals surface area contributed by atoms with E-state index in [4.69, 9.17) is 9.47 Å². The molecule has 14 nitrogen and oxygen atoms in total. The molecule has 4 aliphatic rings. The zero-order valence-corrected chi connectivity index (χ0v) is 35.7. The first kappa shape index (κ1) is 44.0. The van der Waals surface area contributed by atoms with E-state index in [0.29, 0.717) is 56.0 Å². The Hall–Kier alpha value is -6.66. The summed E-state index contributed by atoms with van der Waals surface area (Å²) in [5.41, 5.74) is 3.32. The monoisotopic (exact) mass is 870 g/mol. The van der Waals surface area contributed by atoms with Crippen LogP contribution in [0.5, 0.6) is 5.75 Å². The lowest BCUT2D eigenvalue weighted by Gasteiger charge is -2.32. The summed E-state index contributed by atoms with van der Waals surface area (Å²) in [6.45, 7) is 3.81. The lowest BCUT2D eigenvalue weighted by molar-refractivity contribution is -0.136. The number of carbonyl (C=O) groups excluding carboxylic acids is 6. The van der Waals surface area contributed by atoms with Crippen molar-refractivity contribution in [1.29, 1.82) is 0 Å². The van der Waals surface area contributed by atoms with E-state index < -0.39 is 29.7 Å². The van der Waals surface area contributed by atoms with Gasteiger partial charge in [0.05, 0.1) is 36.3 Å². The number of fused-ring (bicyclic) bond motifs is 2. The molecule has 3 aliphatic heterocycles. The number of nitrogens with one attached hydrogen (secondary N) is 3. The van der Waals surface area contributed by atoms with Gasteiger partial charge in [-0.1, -0.05) is 18.9 Å². The Morgan fingerprint density at radius 1 is 0.938 bits per heavy atom. The number of anilines is 2. The Labute approximate surface area is 370 Å². The quantitative estimate of drug-likeness (QED) is 0.0750. The molecule has 8 rings (SSSR count). The number of nitrogens with zero attached hydrogens (tertiary/aromatic N) is 3. The number of halogens is 1. The number of likely N-dealkylation sites (tertiary alicyclic amines) is 1. The summed E-state index contributed by atoms with van der Waals surface area (Å²) in [5.74, 6) is 4.41. The summed E-state index contributed by atoms with van der Waals surface area (Å²) in [6, 6.07) is 17.8. The third-order valence-electron chi connectivity index (χ3n) is 12.6. The molecule has 3 aromatic carbocycles. The molecular formula is C49H51FN6O8. The van der Waals surface area contributed by atoms with E-state index in [1.165, 1.54) is 12.1 Å². The molecule has 0 radical (unpaired) electrons. The van der Waals surface area contributed by atoms with Crippen LogP contribution in [0.3, 0.4) is 0 Å². The summed E-state index contributed by atoms with van der Waals surface area (Å²) < 4.78 is 26.1. The van der Waals surface area contributed by atoms with Gasteiger partial charge < -0.3 is 25.0 Å². The van der Waals surface area contributed by atoms with Crippen LogP contribution in [0.4, 0.5) is 15.8 Å².